The molecule has 3 aliphatic heterocycles. The lowest BCUT2D eigenvalue weighted by molar-refractivity contribution is -0.122. The van der Waals surface area contributed by atoms with Crippen molar-refractivity contribution in [2.24, 2.45) is 0 Å². The Bertz CT molecular complexity index is 1440. The highest BCUT2D eigenvalue weighted by molar-refractivity contribution is 7.92. The highest BCUT2D eigenvalue weighted by Gasteiger charge is 2.57. The number of carbonyl (C=O) groups is 1. The zero-order chi connectivity index (χ0) is 23.5. The second kappa shape index (κ2) is 7.36. The number of fused-ring (bicyclic) bond motifs is 5. The third-order valence-electron chi connectivity index (χ3n) is 6.31. The topological polar surface area (TPSA) is 107 Å². The molecule has 0 bridgehead atoms. The summed E-state index contributed by atoms with van der Waals surface area (Å²) < 4.78 is 43.7. The van der Waals surface area contributed by atoms with Crippen LogP contribution in [0.3, 0.4) is 0 Å². The van der Waals surface area contributed by atoms with Gasteiger partial charge in [0.2, 0.25) is 15.9 Å². The summed E-state index contributed by atoms with van der Waals surface area (Å²) in [6.07, 6.45) is 2.65. The summed E-state index contributed by atoms with van der Waals surface area (Å²) in [4.78, 5) is 20.1. The molecule has 3 aromatic rings. The molecule has 0 fully saturated rings. The Morgan fingerprint density at radius 3 is 2.56 bits per heavy atom. The number of nitrogens with one attached hydrogen (secondary N) is 1. The Kier molecular flexibility index (Phi) is 4.50. The molecule has 9 nitrogen and oxygen atoms in total. The Balaban J connectivity index is 1.45. The molecule has 0 radical (unpaired) electrons. The van der Waals surface area contributed by atoms with Crippen LogP contribution in [0.25, 0.3) is 0 Å². The number of nitrogens with zero attached hydrogens (tertiary/aromatic N) is 2. The van der Waals surface area contributed by atoms with E-state index in [4.69, 9.17) is 14.2 Å². The molecule has 0 saturated heterocycles. The van der Waals surface area contributed by atoms with E-state index in [0.717, 1.165) is 23.1 Å². The zero-order valence-corrected chi connectivity index (χ0v) is 19.1. The van der Waals surface area contributed by atoms with Gasteiger partial charge in [0.25, 0.3) is 0 Å². The number of sulfonamides is 1. The van der Waals surface area contributed by atoms with E-state index in [-0.39, 0.29) is 19.1 Å². The Hall–Kier alpha value is -3.79. The van der Waals surface area contributed by atoms with Gasteiger partial charge >= 0.3 is 0 Å². The van der Waals surface area contributed by atoms with Gasteiger partial charge in [-0.3, -0.25) is 14.5 Å². The smallest absolute Gasteiger partial charge is 0.246 e. The van der Waals surface area contributed by atoms with Crippen molar-refractivity contribution in [1.29, 1.82) is 0 Å². The standard InChI is InChI=1S/C24H21N3O6S/c1-34(29,30)26-17-6-4-8-25-18(17)13-27-19-7-3-2-5-15(19)24(23(27)28)14-33-20-12-22-21(11-16(20)24)31-9-10-32-22/h2-8,11-12,26H,9-10,13-14H2,1H3. The van der Waals surface area contributed by atoms with E-state index in [2.05, 4.69) is 9.71 Å². The monoisotopic (exact) mass is 479 g/mol. The Morgan fingerprint density at radius 1 is 1.00 bits per heavy atom. The van der Waals surface area contributed by atoms with Crippen LogP contribution in [0.4, 0.5) is 11.4 Å². The highest BCUT2D eigenvalue weighted by atomic mass is 32.2. The molecule has 4 heterocycles. The van der Waals surface area contributed by atoms with E-state index in [0.29, 0.717) is 41.8 Å². The van der Waals surface area contributed by atoms with E-state index < -0.39 is 15.4 Å². The Labute approximate surface area is 196 Å². The van der Waals surface area contributed by atoms with E-state index >= 15 is 0 Å². The van der Waals surface area contributed by atoms with Crippen LogP contribution in [0.5, 0.6) is 17.2 Å². The number of hydrogen-bond donors (Lipinski definition) is 1. The first kappa shape index (κ1) is 20.8. The maximum absolute atomic E-state index is 14.1. The molecule has 3 aliphatic rings. The summed E-state index contributed by atoms with van der Waals surface area (Å²) in [5.74, 6) is 1.61. The quantitative estimate of drug-likeness (QED) is 0.613. The van der Waals surface area contributed by atoms with Crippen molar-refractivity contribution in [2.45, 2.75) is 12.0 Å². The van der Waals surface area contributed by atoms with E-state index in [1.165, 1.54) is 0 Å². The van der Waals surface area contributed by atoms with E-state index in [9.17, 15) is 13.2 Å². The lowest BCUT2D eigenvalue weighted by atomic mass is 9.77. The molecule has 1 atom stereocenters. The fourth-order valence-corrected chi connectivity index (χ4v) is 5.46. The molecule has 1 spiro atoms. The summed E-state index contributed by atoms with van der Waals surface area (Å²) >= 11 is 0. The molecule has 1 N–H and O–H groups in total. The van der Waals surface area contributed by atoms with Gasteiger partial charge in [-0.1, -0.05) is 18.2 Å². The first-order valence-electron chi connectivity index (χ1n) is 10.8. The van der Waals surface area contributed by atoms with Crippen molar-refractivity contribution >= 4 is 27.3 Å². The van der Waals surface area contributed by atoms with Gasteiger partial charge in [-0.05, 0) is 29.8 Å². The SMILES string of the molecule is CS(=O)(=O)Nc1cccnc1CN1C(=O)C2(COc3cc4c(cc32)OCCO4)c2ccccc21. The fraction of sp³-hybridized carbons (Fsp3) is 0.250. The minimum Gasteiger partial charge on any atom is -0.491 e. The maximum Gasteiger partial charge on any atom is 0.246 e. The minimum absolute atomic E-state index is 0.0934. The van der Waals surface area contributed by atoms with Gasteiger partial charge in [0.1, 0.15) is 31.0 Å². The van der Waals surface area contributed by atoms with Crippen LogP contribution in [0.15, 0.2) is 54.7 Å². The van der Waals surface area contributed by atoms with Crippen molar-refractivity contribution in [3.63, 3.8) is 0 Å². The van der Waals surface area contributed by atoms with Gasteiger partial charge < -0.3 is 19.1 Å². The summed E-state index contributed by atoms with van der Waals surface area (Å²) in [5.41, 5.74) is 2.01. The van der Waals surface area contributed by atoms with E-state index in [1.807, 2.05) is 30.3 Å². The number of amides is 1. The zero-order valence-electron chi connectivity index (χ0n) is 18.3. The normalized spacial score (nSPS) is 20.1. The molecular formula is C24H21N3O6S. The van der Waals surface area contributed by atoms with Crippen molar-refractivity contribution in [3.05, 3.63) is 71.5 Å². The first-order valence-corrected chi connectivity index (χ1v) is 12.7. The lowest BCUT2D eigenvalue weighted by Crippen LogP contribution is -2.42. The van der Waals surface area contributed by atoms with Crippen LogP contribution in [0.2, 0.25) is 0 Å². The van der Waals surface area contributed by atoms with Gasteiger partial charge in [0.15, 0.2) is 11.5 Å². The third kappa shape index (κ3) is 3.09. The first-order chi connectivity index (χ1) is 16.4. The number of benzene rings is 2. The summed E-state index contributed by atoms with van der Waals surface area (Å²) in [6, 6.07) is 14.5. The van der Waals surface area contributed by atoms with Crippen LogP contribution in [0, 0.1) is 0 Å². The van der Waals surface area contributed by atoms with Crippen molar-refractivity contribution < 1.29 is 27.4 Å². The molecule has 1 unspecified atom stereocenters. The molecule has 1 amide bonds. The number of anilines is 2. The molecule has 174 valence electrons. The summed E-state index contributed by atoms with van der Waals surface area (Å²) in [7, 11) is -3.52. The van der Waals surface area contributed by atoms with Gasteiger partial charge in [0, 0.05) is 23.5 Å². The van der Waals surface area contributed by atoms with Crippen LogP contribution < -0.4 is 23.8 Å². The van der Waals surface area contributed by atoms with Crippen LogP contribution >= 0.6 is 0 Å². The predicted molar refractivity (Wildman–Crippen MR) is 124 cm³/mol. The van der Waals surface area contributed by atoms with Crippen LogP contribution in [0.1, 0.15) is 16.8 Å². The molecule has 0 aliphatic carbocycles. The molecule has 1 aromatic heterocycles. The molecule has 2 aromatic carbocycles. The van der Waals surface area contributed by atoms with Gasteiger partial charge in [-0.2, -0.15) is 0 Å². The Morgan fingerprint density at radius 2 is 1.76 bits per heavy atom. The number of pyridine rings is 1. The largest absolute Gasteiger partial charge is 0.491 e. The predicted octanol–water partition coefficient (Wildman–Crippen LogP) is 2.45. The number of hydrogen-bond acceptors (Lipinski definition) is 7. The van der Waals surface area contributed by atoms with Crippen LogP contribution in [-0.4, -0.2) is 45.4 Å². The van der Waals surface area contributed by atoms with Gasteiger partial charge in [0.05, 0.1) is 24.2 Å². The number of carbonyl (C=O) groups excluding carboxylic acids is 1. The number of aromatic nitrogens is 1. The molecule has 6 rings (SSSR count). The molecule has 34 heavy (non-hydrogen) atoms. The maximum atomic E-state index is 14.1. The van der Waals surface area contributed by atoms with Crippen LogP contribution in [-0.2, 0) is 26.8 Å². The van der Waals surface area contributed by atoms with Gasteiger partial charge in [-0.15, -0.1) is 0 Å². The van der Waals surface area contributed by atoms with Crippen molar-refractivity contribution in [1.82, 2.24) is 4.98 Å². The molecule has 10 heteroatoms. The van der Waals surface area contributed by atoms with E-state index in [1.54, 1.807) is 29.3 Å². The number of ether oxygens (including phenoxy) is 3. The molecule has 0 saturated carbocycles. The average molecular weight is 480 g/mol. The lowest BCUT2D eigenvalue weighted by Gasteiger charge is -2.25. The number of rotatable bonds is 4. The second-order valence-electron chi connectivity index (χ2n) is 8.47. The molecular weight excluding hydrogens is 458 g/mol. The van der Waals surface area contributed by atoms with Crippen molar-refractivity contribution in [3.8, 4) is 17.2 Å². The second-order valence-corrected chi connectivity index (χ2v) is 10.2. The highest BCUT2D eigenvalue weighted by Crippen LogP contribution is 2.55. The summed E-state index contributed by atoms with van der Waals surface area (Å²) in [5, 5.41) is 0. The minimum atomic E-state index is -3.52. The van der Waals surface area contributed by atoms with Crippen molar-refractivity contribution in [2.75, 3.05) is 35.7 Å². The number of para-hydroxylation sites is 1. The average Bonchev–Trinajstić information content (AvgIpc) is 3.30. The van der Waals surface area contributed by atoms with Gasteiger partial charge in [-0.25, -0.2) is 8.42 Å². The summed E-state index contributed by atoms with van der Waals surface area (Å²) in [6.45, 7) is 1.14. The fourth-order valence-electron chi connectivity index (χ4n) is 4.87. The third-order valence-corrected chi connectivity index (χ3v) is 6.90.